The molecule has 10 heteroatoms. The summed E-state index contributed by atoms with van der Waals surface area (Å²) >= 11 is 3.27. The van der Waals surface area contributed by atoms with Crippen LogP contribution in [-0.4, -0.2) is 44.4 Å². The van der Waals surface area contributed by atoms with Gasteiger partial charge >= 0.3 is 11.9 Å². The van der Waals surface area contributed by atoms with Crippen LogP contribution >= 0.6 is 15.9 Å². The van der Waals surface area contributed by atoms with Crippen molar-refractivity contribution in [3.8, 4) is 0 Å². The molecule has 0 fully saturated rings. The molecule has 0 radical (unpaired) electrons. The van der Waals surface area contributed by atoms with E-state index in [4.69, 9.17) is 9.47 Å². The van der Waals surface area contributed by atoms with E-state index in [2.05, 4.69) is 20.7 Å². The van der Waals surface area contributed by atoms with Gasteiger partial charge in [0.2, 0.25) is 0 Å². The first-order valence-corrected chi connectivity index (χ1v) is 7.80. The minimum absolute atomic E-state index is 0.0278. The first-order chi connectivity index (χ1) is 11.8. The van der Waals surface area contributed by atoms with Gasteiger partial charge in [-0.1, -0.05) is 15.9 Å². The second kappa shape index (κ2) is 7.62. The highest BCUT2D eigenvalue weighted by molar-refractivity contribution is 9.10. The molecule has 9 nitrogen and oxygen atoms in total. The summed E-state index contributed by atoms with van der Waals surface area (Å²) in [5.74, 6) is -1.52. The third-order valence-electron chi connectivity index (χ3n) is 3.64. The summed E-state index contributed by atoms with van der Waals surface area (Å²) < 4.78 is 15.2. The summed E-state index contributed by atoms with van der Waals surface area (Å²) in [5.41, 5.74) is 0.485. The van der Waals surface area contributed by atoms with E-state index in [0.717, 1.165) is 0 Å². The number of hydrogen-bond acceptors (Lipinski definition) is 8. The van der Waals surface area contributed by atoms with E-state index < -0.39 is 16.9 Å². The number of carbonyl (C=O) groups excluding carboxylic acids is 2. The lowest BCUT2D eigenvalue weighted by Gasteiger charge is -2.31. The van der Waals surface area contributed by atoms with Gasteiger partial charge in [-0.2, -0.15) is 0 Å². The first kappa shape index (κ1) is 18.9. The number of nitro benzene ring substituents is 1. The monoisotopic (exact) mass is 414 g/mol. The highest BCUT2D eigenvalue weighted by atomic mass is 79.9. The Hall–Kier alpha value is -2.46. The Morgan fingerprint density at radius 2 is 1.92 bits per heavy atom. The second-order valence-electron chi connectivity index (χ2n) is 5.04. The van der Waals surface area contributed by atoms with Crippen LogP contribution in [0.2, 0.25) is 0 Å². The molecule has 1 aromatic carbocycles. The summed E-state index contributed by atoms with van der Waals surface area (Å²) in [6.45, 7) is 1.37. The third kappa shape index (κ3) is 3.64. The van der Waals surface area contributed by atoms with Gasteiger partial charge in [-0.05, 0) is 13.0 Å². The molecule has 0 aromatic heterocycles. The number of methoxy groups -OCH3 is 2. The van der Waals surface area contributed by atoms with Gasteiger partial charge in [0, 0.05) is 16.1 Å². The van der Waals surface area contributed by atoms with Crippen molar-refractivity contribution < 1.29 is 28.7 Å². The van der Waals surface area contributed by atoms with Crippen LogP contribution < -0.4 is 4.90 Å². The molecule has 0 unspecified atom stereocenters. The molecule has 0 aliphatic carbocycles. The van der Waals surface area contributed by atoms with Gasteiger partial charge in [-0.15, -0.1) is 0 Å². The fraction of sp³-hybridized carbons (Fsp3) is 0.333. The third-order valence-corrected chi connectivity index (χ3v) is 4.47. The van der Waals surface area contributed by atoms with E-state index in [-0.39, 0.29) is 30.3 Å². The normalized spacial score (nSPS) is 14.3. The van der Waals surface area contributed by atoms with E-state index in [1.807, 2.05) is 0 Å². The molecule has 1 aliphatic rings. The molecule has 0 N–H and O–H groups in total. The topological polar surface area (TPSA) is 108 Å². The maximum absolute atomic E-state index is 12.2. The number of benzene rings is 1. The smallest absolute Gasteiger partial charge is 0.355 e. The standard InChI is InChI=1S/C15H15BrN2O7/c1-8-11(16)4-9(5-12(8)18(21)22)17-7-25-6-10(14(19)23-2)13(17)15(20)24-3/h4-5H,6-7H2,1-3H3. The Kier molecular flexibility index (Phi) is 5.75. The molecule has 0 bridgehead atoms. The van der Waals surface area contributed by atoms with Crippen molar-refractivity contribution in [2.75, 3.05) is 32.5 Å². The number of anilines is 1. The summed E-state index contributed by atoms with van der Waals surface area (Å²) in [7, 11) is 2.35. The number of halogens is 1. The zero-order chi connectivity index (χ0) is 18.7. The molecular formula is C15H15BrN2O7. The Morgan fingerprint density at radius 3 is 2.48 bits per heavy atom. The molecule has 0 amide bonds. The lowest BCUT2D eigenvalue weighted by molar-refractivity contribution is -0.385. The van der Waals surface area contributed by atoms with Crippen molar-refractivity contribution in [3.63, 3.8) is 0 Å². The molecule has 0 saturated heterocycles. The Balaban J connectivity index is 2.65. The maximum Gasteiger partial charge on any atom is 0.355 e. The second-order valence-corrected chi connectivity index (χ2v) is 5.90. The molecule has 134 valence electrons. The van der Waals surface area contributed by atoms with Crippen LogP contribution in [-0.2, 0) is 23.8 Å². The van der Waals surface area contributed by atoms with Crippen molar-refractivity contribution in [1.29, 1.82) is 0 Å². The number of rotatable bonds is 4. The average molecular weight is 415 g/mol. The van der Waals surface area contributed by atoms with Gasteiger partial charge in [-0.3, -0.25) is 10.1 Å². The SMILES string of the molecule is COC(=O)C1=C(C(=O)OC)N(c2cc(Br)c(C)c([N+](=O)[O-])c2)COC1. The van der Waals surface area contributed by atoms with Crippen LogP contribution in [0.5, 0.6) is 0 Å². The first-order valence-electron chi connectivity index (χ1n) is 7.01. The van der Waals surface area contributed by atoms with Crippen LogP contribution in [0.25, 0.3) is 0 Å². The van der Waals surface area contributed by atoms with E-state index >= 15 is 0 Å². The molecule has 2 rings (SSSR count). The predicted octanol–water partition coefficient (Wildman–Crippen LogP) is 2.06. The highest BCUT2D eigenvalue weighted by Crippen LogP contribution is 2.35. The quantitative estimate of drug-likeness (QED) is 0.418. The average Bonchev–Trinajstić information content (AvgIpc) is 2.61. The van der Waals surface area contributed by atoms with Gasteiger partial charge in [0.25, 0.3) is 5.69 Å². The highest BCUT2D eigenvalue weighted by Gasteiger charge is 2.33. The van der Waals surface area contributed by atoms with Crippen molar-refractivity contribution in [3.05, 3.63) is 43.6 Å². The number of carbonyl (C=O) groups is 2. The molecule has 0 saturated carbocycles. The fourth-order valence-electron chi connectivity index (χ4n) is 2.34. The van der Waals surface area contributed by atoms with Gasteiger partial charge in [0.15, 0.2) is 0 Å². The lowest BCUT2D eigenvalue weighted by atomic mass is 10.1. The molecule has 0 atom stereocenters. The van der Waals surface area contributed by atoms with Gasteiger partial charge < -0.3 is 19.1 Å². The molecule has 25 heavy (non-hydrogen) atoms. The van der Waals surface area contributed by atoms with Crippen LogP contribution in [0.1, 0.15) is 5.56 Å². The number of nitrogens with zero attached hydrogens (tertiary/aromatic N) is 2. The number of esters is 2. The van der Waals surface area contributed by atoms with Crippen LogP contribution in [0.4, 0.5) is 11.4 Å². The minimum Gasteiger partial charge on any atom is -0.466 e. The maximum atomic E-state index is 12.2. The number of ether oxygens (including phenoxy) is 3. The summed E-state index contributed by atoms with van der Waals surface area (Å²) in [4.78, 5) is 36.2. The largest absolute Gasteiger partial charge is 0.466 e. The van der Waals surface area contributed by atoms with Crippen LogP contribution in [0, 0.1) is 17.0 Å². The van der Waals surface area contributed by atoms with E-state index in [9.17, 15) is 19.7 Å². The van der Waals surface area contributed by atoms with E-state index in [0.29, 0.717) is 15.7 Å². The minimum atomic E-state index is -0.775. The van der Waals surface area contributed by atoms with Crippen molar-refractivity contribution in [2.45, 2.75) is 6.92 Å². The van der Waals surface area contributed by atoms with E-state index in [1.54, 1.807) is 13.0 Å². The van der Waals surface area contributed by atoms with Gasteiger partial charge in [0.1, 0.15) is 12.4 Å². The van der Waals surface area contributed by atoms with E-state index in [1.165, 1.54) is 25.2 Å². The van der Waals surface area contributed by atoms with Gasteiger partial charge in [-0.25, -0.2) is 9.59 Å². The molecule has 0 spiro atoms. The van der Waals surface area contributed by atoms with Crippen LogP contribution in [0.3, 0.4) is 0 Å². The summed E-state index contributed by atoms with van der Waals surface area (Å²) in [6, 6.07) is 2.89. The number of hydrogen-bond donors (Lipinski definition) is 0. The molecule has 1 heterocycles. The predicted molar refractivity (Wildman–Crippen MR) is 89.9 cm³/mol. The Bertz CT molecular complexity index is 775. The van der Waals surface area contributed by atoms with Crippen LogP contribution in [0.15, 0.2) is 27.9 Å². The van der Waals surface area contributed by atoms with Crippen molar-refractivity contribution in [2.24, 2.45) is 0 Å². The zero-order valence-corrected chi connectivity index (χ0v) is 15.3. The summed E-state index contributed by atoms with van der Waals surface area (Å²) in [6.07, 6.45) is 0. The van der Waals surface area contributed by atoms with Gasteiger partial charge in [0.05, 0.1) is 37.0 Å². The van der Waals surface area contributed by atoms with Crippen molar-refractivity contribution in [1.82, 2.24) is 0 Å². The molecule has 1 aliphatic heterocycles. The Labute approximate surface area is 151 Å². The summed E-state index contributed by atoms with van der Waals surface area (Å²) in [5, 5.41) is 11.3. The number of nitro groups is 1. The molecular weight excluding hydrogens is 400 g/mol. The fourth-order valence-corrected chi connectivity index (χ4v) is 2.78. The zero-order valence-electron chi connectivity index (χ0n) is 13.7. The van der Waals surface area contributed by atoms with Crippen molar-refractivity contribution >= 4 is 39.2 Å². The lowest BCUT2D eigenvalue weighted by Crippen LogP contribution is -2.38. The Morgan fingerprint density at radius 1 is 1.28 bits per heavy atom. The molecule has 1 aromatic rings.